The van der Waals surface area contributed by atoms with Crippen molar-refractivity contribution >= 4 is 5.69 Å². The van der Waals surface area contributed by atoms with Gasteiger partial charge in [0.25, 0.3) is 0 Å². The minimum absolute atomic E-state index is 0.0980. The van der Waals surface area contributed by atoms with Gasteiger partial charge < -0.3 is 10.1 Å². The fraction of sp³-hybridized carbons (Fsp3) is 0.538. The molecule has 0 unspecified atom stereocenters. The Morgan fingerprint density at radius 3 is 2.87 bits per heavy atom. The quantitative estimate of drug-likeness (QED) is 0.699. The summed E-state index contributed by atoms with van der Waals surface area (Å²) in [5.41, 5.74) is 2.57. The highest BCUT2D eigenvalue weighted by Gasteiger charge is 2.39. The summed E-state index contributed by atoms with van der Waals surface area (Å²) in [4.78, 5) is 0. The Labute approximate surface area is 90.6 Å². The molecule has 3 rings (SSSR count). The lowest BCUT2D eigenvalue weighted by atomic mass is 9.99. The van der Waals surface area contributed by atoms with Gasteiger partial charge in [-0.1, -0.05) is 12.1 Å². The number of rotatable bonds is 0. The van der Waals surface area contributed by atoms with E-state index >= 15 is 0 Å². The van der Waals surface area contributed by atoms with Crippen LogP contribution in [0.15, 0.2) is 18.2 Å². The van der Waals surface area contributed by atoms with E-state index in [0.29, 0.717) is 0 Å². The molecule has 0 radical (unpaired) electrons. The molecule has 1 aromatic carbocycles. The van der Waals surface area contributed by atoms with Gasteiger partial charge >= 0.3 is 0 Å². The van der Waals surface area contributed by atoms with Gasteiger partial charge in [0.15, 0.2) is 0 Å². The summed E-state index contributed by atoms with van der Waals surface area (Å²) in [5, 5.41) is 3.54. The average molecular weight is 203 g/mol. The first-order chi connectivity index (χ1) is 7.29. The zero-order valence-corrected chi connectivity index (χ0v) is 9.18. The summed E-state index contributed by atoms with van der Waals surface area (Å²) >= 11 is 0. The predicted molar refractivity (Wildman–Crippen MR) is 61.5 cm³/mol. The zero-order valence-electron chi connectivity index (χ0n) is 9.18. The Bertz CT molecular complexity index is 380. The Morgan fingerprint density at radius 1 is 1.27 bits per heavy atom. The number of ether oxygens (including phenoxy) is 1. The fourth-order valence-electron chi connectivity index (χ4n) is 2.77. The molecule has 2 nitrogen and oxygen atoms in total. The molecule has 1 aliphatic heterocycles. The number of aryl methyl sites for hydroxylation is 1. The van der Waals surface area contributed by atoms with Gasteiger partial charge in [0.05, 0.1) is 12.2 Å². The van der Waals surface area contributed by atoms with Crippen LogP contribution >= 0.6 is 0 Å². The minimum Gasteiger partial charge on any atom is -0.483 e. The summed E-state index contributed by atoms with van der Waals surface area (Å²) in [6.07, 6.45) is 5.02. The second-order valence-electron chi connectivity index (χ2n) is 4.79. The van der Waals surface area contributed by atoms with E-state index in [1.54, 1.807) is 0 Å². The zero-order chi connectivity index (χ0) is 10.3. The maximum absolute atomic E-state index is 6.20. The molecule has 0 bridgehead atoms. The topological polar surface area (TPSA) is 21.3 Å². The van der Waals surface area contributed by atoms with Crippen LogP contribution in [0.5, 0.6) is 5.75 Å². The number of anilines is 1. The standard InChI is InChI=1S/C13H17NO/c1-10-5-4-6-11-12(10)14-9-13(15-11)7-2-3-8-13/h4-6,14H,2-3,7-9H2,1H3. The van der Waals surface area contributed by atoms with Crippen molar-refractivity contribution in [2.24, 2.45) is 0 Å². The summed E-state index contributed by atoms with van der Waals surface area (Å²) in [6, 6.07) is 6.28. The molecule has 1 aliphatic carbocycles. The molecular formula is C13H17NO. The molecule has 0 saturated heterocycles. The molecule has 80 valence electrons. The average Bonchev–Trinajstić information content (AvgIpc) is 2.66. The number of hydrogen-bond acceptors (Lipinski definition) is 2. The molecule has 1 saturated carbocycles. The first-order valence-electron chi connectivity index (χ1n) is 5.82. The Balaban J connectivity index is 1.96. The van der Waals surface area contributed by atoms with E-state index in [1.807, 2.05) is 0 Å². The smallest absolute Gasteiger partial charge is 0.143 e. The number of para-hydroxylation sites is 1. The van der Waals surface area contributed by atoms with Crippen LogP contribution in [0.2, 0.25) is 0 Å². The Kier molecular flexibility index (Phi) is 1.91. The molecule has 1 heterocycles. The van der Waals surface area contributed by atoms with E-state index < -0.39 is 0 Å². The van der Waals surface area contributed by atoms with Crippen LogP contribution < -0.4 is 10.1 Å². The summed E-state index contributed by atoms with van der Waals surface area (Å²) in [5.74, 6) is 1.04. The van der Waals surface area contributed by atoms with Crippen molar-refractivity contribution in [1.29, 1.82) is 0 Å². The molecule has 15 heavy (non-hydrogen) atoms. The first kappa shape index (κ1) is 9.08. The molecule has 1 aromatic rings. The van der Waals surface area contributed by atoms with Gasteiger partial charge in [0.2, 0.25) is 0 Å². The molecule has 0 aromatic heterocycles. The highest BCUT2D eigenvalue weighted by atomic mass is 16.5. The predicted octanol–water partition coefficient (Wildman–Crippen LogP) is 3.11. The van der Waals surface area contributed by atoms with E-state index in [9.17, 15) is 0 Å². The van der Waals surface area contributed by atoms with Crippen molar-refractivity contribution in [3.8, 4) is 5.75 Å². The van der Waals surface area contributed by atoms with Crippen LogP contribution in [-0.2, 0) is 0 Å². The third-order valence-electron chi connectivity index (χ3n) is 3.66. The number of benzene rings is 1. The highest BCUT2D eigenvalue weighted by molar-refractivity contribution is 5.63. The number of fused-ring (bicyclic) bond motifs is 1. The lowest BCUT2D eigenvalue weighted by molar-refractivity contribution is 0.0829. The maximum Gasteiger partial charge on any atom is 0.143 e. The van der Waals surface area contributed by atoms with Crippen LogP contribution in [0.4, 0.5) is 5.69 Å². The van der Waals surface area contributed by atoms with Crippen molar-refractivity contribution in [2.75, 3.05) is 11.9 Å². The first-order valence-corrected chi connectivity index (χ1v) is 5.82. The SMILES string of the molecule is Cc1cccc2c1NCC1(CCCC1)O2. The van der Waals surface area contributed by atoms with Crippen LogP contribution in [0.3, 0.4) is 0 Å². The van der Waals surface area contributed by atoms with E-state index in [1.165, 1.54) is 36.9 Å². The lowest BCUT2D eigenvalue weighted by Crippen LogP contribution is -2.43. The van der Waals surface area contributed by atoms with Gasteiger partial charge in [0, 0.05) is 0 Å². The van der Waals surface area contributed by atoms with E-state index in [-0.39, 0.29) is 5.60 Å². The van der Waals surface area contributed by atoms with Crippen molar-refractivity contribution in [1.82, 2.24) is 0 Å². The molecule has 2 heteroatoms. The molecule has 1 spiro atoms. The van der Waals surface area contributed by atoms with E-state index in [0.717, 1.165) is 12.3 Å². The third-order valence-corrected chi connectivity index (χ3v) is 3.66. The highest BCUT2D eigenvalue weighted by Crippen LogP contribution is 2.42. The van der Waals surface area contributed by atoms with Crippen LogP contribution in [-0.4, -0.2) is 12.1 Å². The van der Waals surface area contributed by atoms with Gasteiger partial charge in [-0.2, -0.15) is 0 Å². The van der Waals surface area contributed by atoms with Crippen molar-refractivity contribution in [3.63, 3.8) is 0 Å². The summed E-state index contributed by atoms with van der Waals surface area (Å²) < 4.78 is 6.20. The second-order valence-corrected chi connectivity index (χ2v) is 4.79. The number of nitrogens with one attached hydrogen (secondary N) is 1. The van der Waals surface area contributed by atoms with Crippen LogP contribution in [0.25, 0.3) is 0 Å². The largest absolute Gasteiger partial charge is 0.483 e. The van der Waals surface area contributed by atoms with Crippen molar-refractivity contribution in [3.05, 3.63) is 23.8 Å². The number of hydrogen-bond donors (Lipinski definition) is 1. The van der Waals surface area contributed by atoms with Crippen molar-refractivity contribution < 1.29 is 4.74 Å². The third kappa shape index (κ3) is 1.39. The van der Waals surface area contributed by atoms with Crippen LogP contribution in [0.1, 0.15) is 31.2 Å². The van der Waals surface area contributed by atoms with Gasteiger partial charge in [-0.3, -0.25) is 0 Å². The fourth-order valence-corrected chi connectivity index (χ4v) is 2.77. The van der Waals surface area contributed by atoms with Gasteiger partial charge in [-0.05, 0) is 44.2 Å². The molecule has 0 amide bonds. The summed E-state index contributed by atoms with van der Waals surface area (Å²) in [7, 11) is 0. The van der Waals surface area contributed by atoms with Crippen LogP contribution in [0, 0.1) is 6.92 Å². The van der Waals surface area contributed by atoms with Gasteiger partial charge in [-0.15, -0.1) is 0 Å². The Morgan fingerprint density at radius 2 is 2.07 bits per heavy atom. The van der Waals surface area contributed by atoms with Crippen molar-refractivity contribution in [2.45, 2.75) is 38.2 Å². The molecule has 1 N–H and O–H groups in total. The molecule has 1 fully saturated rings. The Hall–Kier alpha value is -1.18. The lowest BCUT2D eigenvalue weighted by Gasteiger charge is -2.37. The molecule has 0 atom stereocenters. The molecular weight excluding hydrogens is 186 g/mol. The normalized spacial score (nSPS) is 21.9. The monoisotopic (exact) mass is 203 g/mol. The van der Waals surface area contributed by atoms with E-state index in [4.69, 9.17) is 4.74 Å². The second kappa shape index (κ2) is 3.16. The molecule has 2 aliphatic rings. The van der Waals surface area contributed by atoms with Gasteiger partial charge in [0.1, 0.15) is 11.4 Å². The summed E-state index contributed by atoms with van der Waals surface area (Å²) in [6.45, 7) is 3.10. The minimum atomic E-state index is 0.0980. The maximum atomic E-state index is 6.20. The van der Waals surface area contributed by atoms with Gasteiger partial charge in [-0.25, -0.2) is 0 Å². The van der Waals surface area contributed by atoms with E-state index in [2.05, 4.69) is 30.4 Å².